The summed E-state index contributed by atoms with van der Waals surface area (Å²) in [6.07, 6.45) is 35.4. The Balaban J connectivity index is 1.66. The van der Waals surface area contributed by atoms with Crippen molar-refractivity contribution in [1.82, 2.24) is 5.32 Å². The molecule has 0 spiro atoms. The van der Waals surface area contributed by atoms with Crippen LogP contribution in [0.2, 0.25) is 0 Å². The molecule has 14 nitrogen and oxygen atoms in total. The fourth-order valence-corrected chi connectivity index (χ4v) is 9.84. The quantitative estimate of drug-likeness (QED) is 0.0205. The molecule has 14 heteroatoms. The lowest BCUT2D eigenvalue weighted by molar-refractivity contribution is -0.359. The van der Waals surface area contributed by atoms with Gasteiger partial charge in [-0.1, -0.05) is 231 Å². The molecule has 2 aliphatic rings. The molecule has 0 saturated carbocycles. The molecule has 1 amide bonds. The van der Waals surface area contributed by atoms with Crippen LogP contribution in [0.15, 0.2) is 24.3 Å². The minimum absolute atomic E-state index is 0.247. The Kier molecular flexibility index (Phi) is 41.2. The highest BCUT2D eigenvalue weighted by molar-refractivity contribution is 5.76. The predicted molar refractivity (Wildman–Crippen MR) is 286 cm³/mol. The molecule has 2 fully saturated rings. The van der Waals surface area contributed by atoms with E-state index in [-0.39, 0.29) is 18.9 Å². The molecule has 2 heterocycles. The number of amides is 1. The first-order valence-corrected chi connectivity index (χ1v) is 29.6. The number of allylic oxidation sites excluding steroid dienone is 3. The first-order chi connectivity index (χ1) is 35.1. The number of rotatable bonds is 47. The second kappa shape index (κ2) is 44.6. The first kappa shape index (κ1) is 66.6. The number of nitrogens with one attached hydrogen (secondary N) is 1. The molecule has 12 unspecified atom stereocenters. The molecular weight excluding hydrogens is 919 g/mol. The molecule has 0 aromatic rings. The highest BCUT2D eigenvalue weighted by Gasteiger charge is 2.51. The van der Waals surface area contributed by atoms with Gasteiger partial charge in [0.1, 0.15) is 48.8 Å². The van der Waals surface area contributed by atoms with E-state index in [0.29, 0.717) is 12.8 Å². The Bertz CT molecular complexity index is 1300. The van der Waals surface area contributed by atoms with Crippen LogP contribution < -0.4 is 5.32 Å². The van der Waals surface area contributed by atoms with Crippen molar-refractivity contribution in [3.8, 4) is 0 Å². The van der Waals surface area contributed by atoms with Crippen molar-refractivity contribution < 1.29 is 64.6 Å². The van der Waals surface area contributed by atoms with Crippen LogP contribution in [-0.4, -0.2) is 140 Å². The number of hydrogen-bond acceptors (Lipinski definition) is 13. The van der Waals surface area contributed by atoms with E-state index < -0.39 is 86.8 Å². The summed E-state index contributed by atoms with van der Waals surface area (Å²) in [5.74, 6) is -0.247. The van der Waals surface area contributed by atoms with Gasteiger partial charge in [0.15, 0.2) is 12.6 Å². The van der Waals surface area contributed by atoms with Crippen molar-refractivity contribution in [3.05, 3.63) is 24.3 Å². The number of carbonyl (C=O) groups is 1. The minimum Gasteiger partial charge on any atom is -0.394 e. The van der Waals surface area contributed by atoms with E-state index in [4.69, 9.17) is 18.9 Å². The van der Waals surface area contributed by atoms with Gasteiger partial charge in [0.25, 0.3) is 0 Å². The molecule has 0 aromatic carbocycles. The molecule has 0 bridgehead atoms. The summed E-state index contributed by atoms with van der Waals surface area (Å²) in [5.41, 5.74) is 0. The van der Waals surface area contributed by atoms with Crippen molar-refractivity contribution >= 4 is 5.91 Å². The summed E-state index contributed by atoms with van der Waals surface area (Å²) in [6.45, 7) is 2.75. The van der Waals surface area contributed by atoms with Gasteiger partial charge in [-0.2, -0.15) is 0 Å². The molecular formula is C58H109NO13. The maximum atomic E-state index is 13.2. The molecule has 424 valence electrons. The molecule has 2 rings (SSSR count). The monoisotopic (exact) mass is 1030 g/mol. The lowest BCUT2D eigenvalue weighted by atomic mass is 9.97. The van der Waals surface area contributed by atoms with Crippen LogP contribution in [0.1, 0.15) is 245 Å². The molecule has 2 aliphatic heterocycles. The van der Waals surface area contributed by atoms with Gasteiger partial charge in [0.05, 0.1) is 32.0 Å². The van der Waals surface area contributed by atoms with Crippen LogP contribution >= 0.6 is 0 Å². The number of aliphatic hydroxyl groups excluding tert-OH is 8. The summed E-state index contributed by atoms with van der Waals surface area (Å²) in [4.78, 5) is 13.2. The van der Waals surface area contributed by atoms with Crippen molar-refractivity contribution in [2.45, 2.75) is 319 Å². The number of ether oxygens (including phenoxy) is 4. The largest absolute Gasteiger partial charge is 0.394 e. The Morgan fingerprint density at radius 3 is 1.36 bits per heavy atom. The lowest BCUT2D eigenvalue weighted by Gasteiger charge is -2.46. The summed E-state index contributed by atoms with van der Waals surface area (Å²) < 4.78 is 22.7. The zero-order valence-electron chi connectivity index (χ0n) is 45.4. The first-order valence-electron chi connectivity index (χ1n) is 29.6. The third-order valence-corrected chi connectivity index (χ3v) is 14.6. The van der Waals surface area contributed by atoms with E-state index in [1.807, 2.05) is 6.08 Å². The Hall–Kier alpha value is -1.53. The van der Waals surface area contributed by atoms with E-state index in [1.54, 1.807) is 6.08 Å². The van der Waals surface area contributed by atoms with Crippen LogP contribution in [0.4, 0.5) is 0 Å². The van der Waals surface area contributed by atoms with Crippen molar-refractivity contribution in [3.63, 3.8) is 0 Å². The topological polar surface area (TPSA) is 228 Å². The molecule has 72 heavy (non-hydrogen) atoms. The highest BCUT2D eigenvalue weighted by Crippen LogP contribution is 2.30. The summed E-state index contributed by atoms with van der Waals surface area (Å²) in [5, 5.41) is 86.8. The third kappa shape index (κ3) is 30.3. The molecule has 12 atom stereocenters. The van der Waals surface area contributed by atoms with Gasteiger partial charge in [0, 0.05) is 6.42 Å². The smallest absolute Gasteiger partial charge is 0.220 e. The standard InChI is InChI=1S/C58H109NO13/c1-3-5-7-9-11-13-15-16-17-18-19-20-21-22-23-24-25-26-27-28-29-30-31-32-34-36-38-40-42-50(63)59-46(47(62)41-39-37-35-33-14-12-10-8-6-4-2)45-69-57-55(68)53(66)56(49(44-61)71-57)72-58-54(67)52(65)51(64)48(43-60)70-58/h14,33,39,41,46-49,51-58,60-62,64-68H,3-13,15-32,34-38,40,42-45H2,1-2H3,(H,59,63)/b33-14+,41-39+. The maximum absolute atomic E-state index is 13.2. The summed E-state index contributed by atoms with van der Waals surface area (Å²) in [6, 6.07) is -0.926. The van der Waals surface area contributed by atoms with Crippen molar-refractivity contribution in [1.29, 1.82) is 0 Å². The summed E-state index contributed by atoms with van der Waals surface area (Å²) in [7, 11) is 0. The van der Waals surface area contributed by atoms with Gasteiger partial charge in [-0.3, -0.25) is 4.79 Å². The van der Waals surface area contributed by atoms with Crippen LogP contribution in [0.5, 0.6) is 0 Å². The normalized spacial score (nSPS) is 25.7. The minimum atomic E-state index is -1.79. The average molecular weight is 1030 g/mol. The zero-order chi connectivity index (χ0) is 52.4. The number of carbonyl (C=O) groups excluding carboxylic acids is 1. The van der Waals surface area contributed by atoms with Crippen molar-refractivity contribution in [2.75, 3.05) is 19.8 Å². The second-order valence-electron chi connectivity index (χ2n) is 21.1. The fraction of sp³-hybridized carbons (Fsp3) is 0.914. The van der Waals surface area contributed by atoms with E-state index >= 15 is 0 Å². The number of aliphatic hydroxyl groups is 8. The maximum Gasteiger partial charge on any atom is 0.220 e. The highest BCUT2D eigenvalue weighted by atomic mass is 16.7. The van der Waals surface area contributed by atoms with Gasteiger partial charge in [-0.05, 0) is 32.1 Å². The zero-order valence-corrected chi connectivity index (χ0v) is 45.4. The Morgan fingerprint density at radius 1 is 0.486 bits per heavy atom. The molecule has 0 aromatic heterocycles. The predicted octanol–water partition coefficient (Wildman–Crippen LogP) is 9.67. The SMILES string of the molecule is CCCCCC/C=C/CC/C=C/C(O)C(COC1OC(CO)C(OC2OC(CO)C(O)C(O)C2O)C(O)C1O)NC(=O)CCCCCCCCCCCCCCCCCCCCCCCCCCCCCC. The molecule has 9 N–H and O–H groups in total. The lowest BCUT2D eigenvalue weighted by Crippen LogP contribution is -2.65. The Morgan fingerprint density at radius 2 is 0.889 bits per heavy atom. The van der Waals surface area contributed by atoms with Crippen LogP contribution in [0, 0.1) is 0 Å². The number of hydrogen-bond donors (Lipinski definition) is 9. The van der Waals surface area contributed by atoms with E-state index in [9.17, 15) is 45.6 Å². The average Bonchev–Trinajstić information content (AvgIpc) is 3.38. The van der Waals surface area contributed by atoms with Gasteiger partial charge in [-0.25, -0.2) is 0 Å². The van der Waals surface area contributed by atoms with Gasteiger partial charge in [0.2, 0.25) is 5.91 Å². The Labute approximate surface area is 437 Å². The van der Waals surface area contributed by atoms with E-state index in [2.05, 4.69) is 31.3 Å². The van der Waals surface area contributed by atoms with Gasteiger partial charge in [-0.15, -0.1) is 0 Å². The second-order valence-corrected chi connectivity index (χ2v) is 21.1. The number of unbranched alkanes of at least 4 members (excludes halogenated alkanes) is 32. The summed E-state index contributed by atoms with van der Waals surface area (Å²) >= 11 is 0. The van der Waals surface area contributed by atoms with E-state index in [0.717, 1.165) is 32.1 Å². The van der Waals surface area contributed by atoms with Crippen LogP contribution in [0.3, 0.4) is 0 Å². The molecule has 2 saturated heterocycles. The van der Waals surface area contributed by atoms with Gasteiger partial charge < -0.3 is 65.1 Å². The molecule has 0 radical (unpaired) electrons. The van der Waals surface area contributed by atoms with Gasteiger partial charge >= 0.3 is 0 Å². The van der Waals surface area contributed by atoms with Crippen LogP contribution in [0.25, 0.3) is 0 Å². The fourth-order valence-electron chi connectivity index (χ4n) is 9.84. The van der Waals surface area contributed by atoms with Crippen LogP contribution in [-0.2, 0) is 23.7 Å². The third-order valence-electron chi connectivity index (χ3n) is 14.6. The van der Waals surface area contributed by atoms with Crippen molar-refractivity contribution in [2.24, 2.45) is 0 Å². The molecule has 0 aliphatic carbocycles. The van der Waals surface area contributed by atoms with E-state index in [1.165, 1.54) is 180 Å².